The number of carbonyl (C=O) groups is 1. The van der Waals surface area contributed by atoms with Crippen molar-refractivity contribution in [2.75, 3.05) is 14.1 Å². The number of nitrogens with zero attached hydrogens (tertiary/aromatic N) is 1. The largest absolute Gasteiger partial charge is 0.481 e. The van der Waals surface area contributed by atoms with Gasteiger partial charge in [0.15, 0.2) is 0 Å². The molecule has 0 amide bonds. The number of likely N-dealkylation sites (N-methyl/N-ethyl adjacent to an activating group) is 1. The summed E-state index contributed by atoms with van der Waals surface area (Å²) in [6.07, 6.45) is 0.0271. The van der Waals surface area contributed by atoms with Gasteiger partial charge in [-0.05, 0) is 21.0 Å². The van der Waals surface area contributed by atoms with E-state index in [9.17, 15) is 4.79 Å². The first kappa shape index (κ1) is 10.4. The summed E-state index contributed by atoms with van der Waals surface area (Å²) < 4.78 is 0. The maximum Gasteiger partial charge on any atom is 0.304 e. The second-order valence-electron chi connectivity index (χ2n) is 2.97. The van der Waals surface area contributed by atoms with Gasteiger partial charge in [-0.15, -0.1) is 0 Å². The molecule has 3 N–H and O–H groups in total. The van der Waals surface area contributed by atoms with Gasteiger partial charge in [0.2, 0.25) is 0 Å². The van der Waals surface area contributed by atoms with Crippen molar-refractivity contribution >= 4 is 5.97 Å². The SMILES string of the molecule is CC(C(N)CC(=O)O)N(C)C. The van der Waals surface area contributed by atoms with Crippen LogP contribution in [0, 0.1) is 0 Å². The summed E-state index contributed by atoms with van der Waals surface area (Å²) >= 11 is 0. The van der Waals surface area contributed by atoms with Gasteiger partial charge in [-0.25, -0.2) is 0 Å². The number of rotatable bonds is 4. The van der Waals surface area contributed by atoms with Crippen LogP contribution in [-0.2, 0) is 4.79 Å². The lowest BCUT2D eigenvalue weighted by molar-refractivity contribution is -0.137. The van der Waals surface area contributed by atoms with Crippen LogP contribution in [0.1, 0.15) is 13.3 Å². The number of hydrogen-bond donors (Lipinski definition) is 2. The summed E-state index contributed by atoms with van der Waals surface area (Å²) in [6.45, 7) is 1.91. The summed E-state index contributed by atoms with van der Waals surface area (Å²) in [6, 6.07) is -0.186. The van der Waals surface area contributed by atoms with E-state index in [2.05, 4.69) is 0 Å². The quantitative estimate of drug-likeness (QED) is 0.594. The third-order valence-corrected chi connectivity index (χ3v) is 1.84. The Morgan fingerprint density at radius 1 is 1.64 bits per heavy atom. The van der Waals surface area contributed by atoms with Gasteiger partial charge in [-0.1, -0.05) is 0 Å². The highest BCUT2D eigenvalue weighted by Gasteiger charge is 2.17. The molecule has 2 atom stereocenters. The van der Waals surface area contributed by atoms with Crippen LogP contribution in [0.4, 0.5) is 0 Å². The minimum Gasteiger partial charge on any atom is -0.481 e. The van der Waals surface area contributed by atoms with E-state index in [1.165, 1.54) is 0 Å². The normalized spacial score (nSPS) is 16.5. The van der Waals surface area contributed by atoms with E-state index in [1.54, 1.807) is 0 Å². The molecule has 2 unspecified atom stereocenters. The number of carboxylic acids is 1. The molecule has 0 aromatic heterocycles. The standard InChI is InChI=1S/C7H16N2O2/c1-5(9(2)3)6(8)4-7(10)11/h5-6H,4,8H2,1-3H3,(H,10,11). The Morgan fingerprint density at radius 2 is 2.09 bits per heavy atom. The Kier molecular flexibility index (Phi) is 4.07. The molecule has 66 valence electrons. The highest BCUT2D eigenvalue weighted by Crippen LogP contribution is 2.00. The minimum absolute atomic E-state index is 0.0271. The van der Waals surface area contributed by atoms with E-state index in [1.807, 2.05) is 25.9 Å². The molecule has 4 heteroatoms. The van der Waals surface area contributed by atoms with E-state index in [-0.39, 0.29) is 18.5 Å². The molecule has 0 aliphatic carbocycles. The number of nitrogens with two attached hydrogens (primary N) is 1. The third kappa shape index (κ3) is 3.95. The predicted molar refractivity (Wildman–Crippen MR) is 43.4 cm³/mol. The molecule has 0 saturated heterocycles. The van der Waals surface area contributed by atoms with Crippen LogP contribution in [0.5, 0.6) is 0 Å². The van der Waals surface area contributed by atoms with Crippen molar-refractivity contribution in [2.45, 2.75) is 25.4 Å². The fourth-order valence-corrected chi connectivity index (χ4v) is 0.755. The van der Waals surface area contributed by atoms with E-state index < -0.39 is 5.97 Å². The lowest BCUT2D eigenvalue weighted by Crippen LogP contribution is -2.43. The smallest absolute Gasteiger partial charge is 0.304 e. The topological polar surface area (TPSA) is 66.6 Å². The summed E-state index contributed by atoms with van der Waals surface area (Å²) in [7, 11) is 3.76. The highest BCUT2D eigenvalue weighted by atomic mass is 16.4. The first-order valence-electron chi connectivity index (χ1n) is 3.59. The molecule has 0 aromatic carbocycles. The van der Waals surface area contributed by atoms with Crippen LogP contribution in [-0.4, -0.2) is 42.2 Å². The maximum atomic E-state index is 10.2. The van der Waals surface area contributed by atoms with Crippen LogP contribution >= 0.6 is 0 Å². The van der Waals surface area contributed by atoms with E-state index in [4.69, 9.17) is 10.8 Å². The Balaban J connectivity index is 3.82. The van der Waals surface area contributed by atoms with Gasteiger partial charge in [-0.2, -0.15) is 0 Å². The first-order chi connectivity index (χ1) is 4.95. The summed E-state index contributed by atoms with van der Waals surface area (Å²) in [4.78, 5) is 12.1. The van der Waals surface area contributed by atoms with Gasteiger partial charge in [0, 0.05) is 12.1 Å². The number of carboxylic acid groups (broad SMARTS) is 1. The van der Waals surface area contributed by atoms with Gasteiger partial charge in [0.05, 0.1) is 6.42 Å². The molecule has 0 fully saturated rings. The first-order valence-corrected chi connectivity index (χ1v) is 3.59. The second-order valence-corrected chi connectivity index (χ2v) is 2.97. The zero-order valence-corrected chi connectivity index (χ0v) is 7.24. The molecule has 0 saturated carbocycles. The molecule has 4 nitrogen and oxygen atoms in total. The summed E-state index contributed by atoms with van der Waals surface area (Å²) in [5.74, 6) is -0.841. The molecular weight excluding hydrogens is 144 g/mol. The molecule has 0 aliphatic rings. The van der Waals surface area contributed by atoms with Crippen molar-refractivity contribution in [3.63, 3.8) is 0 Å². The molecule has 0 radical (unpaired) electrons. The average Bonchev–Trinajstić information content (AvgIpc) is 1.84. The van der Waals surface area contributed by atoms with Crippen LogP contribution < -0.4 is 5.73 Å². The van der Waals surface area contributed by atoms with Gasteiger partial charge < -0.3 is 15.7 Å². The second kappa shape index (κ2) is 4.31. The molecule has 0 rings (SSSR count). The molecule has 0 heterocycles. The highest BCUT2D eigenvalue weighted by molar-refractivity contribution is 5.67. The van der Waals surface area contributed by atoms with Crippen LogP contribution in [0.25, 0.3) is 0 Å². The van der Waals surface area contributed by atoms with Gasteiger partial charge >= 0.3 is 5.97 Å². The molecule has 0 spiro atoms. The zero-order valence-electron chi connectivity index (χ0n) is 7.24. The summed E-state index contributed by atoms with van der Waals surface area (Å²) in [5, 5.41) is 8.42. The Labute approximate surface area is 67.0 Å². The van der Waals surface area contributed by atoms with Gasteiger partial charge in [0.1, 0.15) is 0 Å². The fraction of sp³-hybridized carbons (Fsp3) is 0.857. The summed E-state index contributed by atoms with van der Waals surface area (Å²) in [5.41, 5.74) is 5.60. The molecule has 0 aromatic rings. The lowest BCUT2D eigenvalue weighted by atomic mass is 10.1. The Morgan fingerprint density at radius 3 is 2.36 bits per heavy atom. The monoisotopic (exact) mass is 160 g/mol. The zero-order chi connectivity index (χ0) is 9.02. The van der Waals surface area contributed by atoms with E-state index in [0.29, 0.717) is 0 Å². The minimum atomic E-state index is -0.841. The molecule has 0 bridgehead atoms. The van der Waals surface area contributed by atoms with Crippen LogP contribution in [0.2, 0.25) is 0 Å². The molecule has 11 heavy (non-hydrogen) atoms. The maximum absolute atomic E-state index is 10.2. The van der Waals surface area contributed by atoms with Crippen molar-refractivity contribution < 1.29 is 9.90 Å². The van der Waals surface area contributed by atoms with Crippen molar-refractivity contribution in [1.29, 1.82) is 0 Å². The molecule has 0 aliphatic heterocycles. The third-order valence-electron chi connectivity index (χ3n) is 1.84. The Hall–Kier alpha value is -0.610. The van der Waals surface area contributed by atoms with Crippen molar-refractivity contribution in [3.05, 3.63) is 0 Å². The Bertz CT molecular complexity index is 136. The molecular formula is C7H16N2O2. The van der Waals surface area contributed by atoms with E-state index in [0.717, 1.165) is 0 Å². The van der Waals surface area contributed by atoms with Crippen LogP contribution in [0.3, 0.4) is 0 Å². The lowest BCUT2D eigenvalue weighted by Gasteiger charge is -2.24. The van der Waals surface area contributed by atoms with Gasteiger partial charge in [0.25, 0.3) is 0 Å². The van der Waals surface area contributed by atoms with E-state index >= 15 is 0 Å². The van der Waals surface area contributed by atoms with Crippen molar-refractivity contribution in [1.82, 2.24) is 4.90 Å². The fourth-order valence-electron chi connectivity index (χ4n) is 0.755. The van der Waals surface area contributed by atoms with Crippen LogP contribution in [0.15, 0.2) is 0 Å². The number of aliphatic carboxylic acids is 1. The number of hydrogen-bond acceptors (Lipinski definition) is 3. The van der Waals surface area contributed by atoms with Crippen molar-refractivity contribution in [3.8, 4) is 0 Å². The van der Waals surface area contributed by atoms with Gasteiger partial charge in [-0.3, -0.25) is 4.79 Å². The average molecular weight is 160 g/mol. The predicted octanol–water partition coefficient (Wildman–Crippen LogP) is -0.261. The van der Waals surface area contributed by atoms with Crippen molar-refractivity contribution in [2.24, 2.45) is 5.73 Å².